The van der Waals surface area contributed by atoms with Crippen LogP contribution in [0.1, 0.15) is 24.5 Å². The van der Waals surface area contributed by atoms with E-state index in [-0.39, 0.29) is 0 Å². The van der Waals surface area contributed by atoms with E-state index in [4.69, 9.17) is 17.3 Å². The van der Waals surface area contributed by atoms with Crippen LogP contribution in [-0.4, -0.2) is 6.54 Å². The molecule has 0 fully saturated rings. The highest BCUT2D eigenvalue weighted by molar-refractivity contribution is 6.31. The predicted molar refractivity (Wildman–Crippen MR) is 67.3 cm³/mol. The van der Waals surface area contributed by atoms with Gasteiger partial charge in [-0.2, -0.15) is 0 Å². The first-order valence-corrected chi connectivity index (χ1v) is 5.62. The summed E-state index contributed by atoms with van der Waals surface area (Å²) in [6.45, 7) is 4.89. The third-order valence-electron chi connectivity index (χ3n) is 2.36. The van der Waals surface area contributed by atoms with Gasteiger partial charge in [-0.25, -0.2) is 0 Å². The lowest BCUT2D eigenvalue weighted by Gasteiger charge is -2.04. The summed E-state index contributed by atoms with van der Waals surface area (Å²) >= 11 is 5.97. The van der Waals surface area contributed by atoms with Crippen LogP contribution in [0.5, 0.6) is 0 Å². The molecular formula is C13H18ClN. The molecule has 0 amide bonds. The number of rotatable bonds is 4. The lowest BCUT2D eigenvalue weighted by molar-refractivity contribution is 0.981. The van der Waals surface area contributed by atoms with Crippen molar-refractivity contribution in [1.29, 1.82) is 0 Å². The Hall–Kier alpha value is -0.790. The second kappa shape index (κ2) is 5.94. The molecule has 82 valence electrons. The summed E-state index contributed by atoms with van der Waals surface area (Å²) in [5, 5.41) is 0.836. The van der Waals surface area contributed by atoms with E-state index in [0.717, 1.165) is 30.0 Å². The van der Waals surface area contributed by atoms with Gasteiger partial charge in [-0.05, 0) is 50.4 Å². The van der Waals surface area contributed by atoms with Crippen molar-refractivity contribution in [3.05, 3.63) is 46.0 Å². The molecule has 0 aliphatic carbocycles. The number of aryl methyl sites for hydroxylation is 1. The Morgan fingerprint density at radius 3 is 2.80 bits per heavy atom. The highest BCUT2D eigenvalue weighted by Crippen LogP contribution is 2.18. The number of halogens is 1. The number of nitrogens with two attached hydrogens (primary N) is 1. The summed E-state index contributed by atoms with van der Waals surface area (Å²) in [6.07, 6.45) is 4.14. The summed E-state index contributed by atoms with van der Waals surface area (Å²) in [6, 6.07) is 6.18. The van der Waals surface area contributed by atoms with Gasteiger partial charge in [0, 0.05) is 5.02 Å². The Morgan fingerprint density at radius 1 is 1.47 bits per heavy atom. The molecule has 0 saturated heterocycles. The lowest BCUT2D eigenvalue weighted by Crippen LogP contribution is -1.97. The Morgan fingerprint density at radius 2 is 2.20 bits per heavy atom. The molecule has 0 aliphatic heterocycles. The molecule has 1 aromatic carbocycles. The molecule has 0 aliphatic rings. The van der Waals surface area contributed by atoms with E-state index in [1.807, 2.05) is 13.0 Å². The fourth-order valence-electron chi connectivity index (χ4n) is 1.54. The molecule has 0 radical (unpaired) electrons. The van der Waals surface area contributed by atoms with Gasteiger partial charge >= 0.3 is 0 Å². The van der Waals surface area contributed by atoms with Gasteiger partial charge < -0.3 is 5.73 Å². The van der Waals surface area contributed by atoms with E-state index < -0.39 is 0 Å². The normalized spacial score (nSPS) is 11.9. The van der Waals surface area contributed by atoms with Crippen LogP contribution in [0, 0.1) is 6.92 Å². The Bertz CT molecular complexity index is 356. The first-order chi connectivity index (χ1) is 7.13. The summed E-state index contributed by atoms with van der Waals surface area (Å²) < 4.78 is 0. The lowest BCUT2D eigenvalue weighted by atomic mass is 10.0. The molecule has 0 bridgehead atoms. The number of hydrogen-bond donors (Lipinski definition) is 1. The van der Waals surface area contributed by atoms with Gasteiger partial charge in [0.1, 0.15) is 0 Å². The number of benzene rings is 1. The molecule has 0 atom stereocenters. The molecule has 0 unspecified atom stereocenters. The Kier molecular flexibility index (Phi) is 4.86. The van der Waals surface area contributed by atoms with Crippen molar-refractivity contribution in [2.75, 3.05) is 6.54 Å². The van der Waals surface area contributed by atoms with E-state index >= 15 is 0 Å². The molecule has 1 nitrogen and oxygen atoms in total. The fraction of sp³-hybridized carbons (Fsp3) is 0.385. The highest BCUT2D eigenvalue weighted by atomic mass is 35.5. The van der Waals surface area contributed by atoms with Gasteiger partial charge in [0.15, 0.2) is 0 Å². The molecule has 1 rings (SSSR count). The number of allylic oxidation sites excluding steroid dienone is 1. The summed E-state index contributed by atoms with van der Waals surface area (Å²) in [4.78, 5) is 0. The van der Waals surface area contributed by atoms with Crippen LogP contribution in [0.3, 0.4) is 0 Å². The monoisotopic (exact) mass is 223 g/mol. The SMILES string of the molecule is C/C(=C\CCN)Cc1ccc(Cl)c(C)c1. The molecule has 15 heavy (non-hydrogen) atoms. The van der Waals surface area contributed by atoms with Crippen molar-refractivity contribution in [3.63, 3.8) is 0 Å². The largest absolute Gasteiger partial charge is 0.330 e. The summed E-state index contributed by atoms with van der Waals surface area (Å²) in [5.74, 6) is 0. The van der Waals surface area contributed by atoms with Gasteiger partial charge in [-0.1, -0.05) is 35.4 Å². The summed E-state index contributed by atoms with van der Waals surface area (Å²) in [5.41, 5.74) is 9.26. The molecule has 0 aromatic heterocycles. The maximum Gasteiger partial charge on any atom is 0.0435 e. The van der Waals surface area contributed by atoms with Crippen LogP contribution < -0.4 is 5.73 Å². The maximum atomic E-state index is 5.97. The average molecular weight is 224 g/mol. The van der Waals surface area contributed by atoms with Crippen LogP contribution in [-0.2, 0) is 6.42 Å². The van der Waals surface area contributed by atoms with E-state index in [1.165, 1.54) is 11.1 Å². The Balaban J connectivity index is 2.68. The van der Waals surface area contributed by atoms with Crippen LogP contribution in [0.15, 0.2) is 29.8 Å². The van der Waals surface area contributed by atoms with Crippen molar-refractivity contribution in [1.82, 2.24) is 0 Å². The zero-order chi connectivity index (χ0) is 11.3. The third-order valence-corrected chi connectivity index (χ3v) is 2.79. The minimum absolute atomic E-state index is 0.719. The third kappa shape index (κ3) is 4.06. The highest BCUT2D eigenvalue weighted by Gasteiger charge is 1.98. The first kappa shape index (κ1) is 12.3. The van der Waals surface area contributed by atoms with Gasteiger partial charge in [-0.3, -0.25) is 0 Å². The molecule has 1 aromatic rings. The molecule has 2 N–H and O–H groups in total. The smallest absolute Gasteiger partial charge is 0.0435 e. The van der Waals surface area contributed by atoms with E-state index in [9.17, 15) is 0 Å². The standard InChI is InChI=1S/C13H18ClN/c1-10(4-3-7-15)8-12-5-6-13(14)11(2)9-12/h4-6,9H,3,7-8,15H2,1-2H3/b10-4+. The van der Waals surface area contributed by atoms with Crippen LogP contribution in [0.25, 0.3) is 0 Å². The van der Waals surface area contributed by atoms with Crippen molar-refractivity contribution in [2.24, 2.45) is 5.73 Å². The number of hydrogen-bond acceptors (Lipinski definition) is 1. The van der Waals surface area contributed by atoms with Gasteiger partial charge in [-0.15, -0.1) is 0 Å². The van der Waals surface area contributed by atoms with Crippen molar-refractivity contribution in [3.8, 4) is 0 Å². The average Bonchev–Trinajstić information content (AvgIpc) is 2.20. The van der Waals surface area contributed by atoms with Crippen molar-refractivity contribution < 1.29 is 0 Å². The zero-order valence-electron chi connectivity index (χ0n) is 9.39. The Labute approximate surface area is 96.9 Å². The quantitative estimate of drug-likeness (QED) is 0.778. The molecule has 0 saturated carbocycles. The molecule has 0 spiro atoms. The fourth-order valence-corrected chi connectivity index (χ4v) is 1.66. The predicted octanol–water partition coefficient (Wildman–Crippen LogP) is 3.49. The van der Waals surface area contributed by atoms with Gasteiger partial charge in [0.2, 0.25) is 0 Å². The van der Waals surface area contributed by atoms with E-state index in [0.29, 0.717) is 0 Å². The zero-order valence-corrected chi connectivity index (χ0v) is 10.1. The van der Waals surface area contributed by atoms with E-state index in [2.05, 4.69) is 25.1 Å². The minimum atomic E-state index is 0.719. The topological polar surface area (TPSA) is 26.0 Å². The first-order valence-electron chi connectivity index (χ1n) is 5.24. The second-order valence-electron chi connectivity index (χ2n) is 3.89. The minimum Gasteiger partial charge on any atom is -0.330 e. The maximum absolute atomic E-state index is 5.97. The van der Waals surface area contributed by atoms with Crippen molar-refractivity contribution in [2.45, 2.75) is 26.7 Å². The molecule has 0 heterocycles. The molecule has 2 heteroatoms. The molecular weight excluding hydrogens is 206 g/mol. The summed E-state index contributed by atoms with van der Waals surface area (Å²) in [7, 11) is 0. The van der Waals surface area contributed by atoms with Crippen LogP contribution >= 0.6 is 11.6 Å². The van der Waals surface area contributed by atoms with Gasteiger partial charge in [0.25, 0.3) is 0 Å². The van der Waals surface area contributed by atoms with Crippen molar-refractivity contribution >= 4 is 11.6 Å². The second-order valence-corrected chi connectivity index (χ2v) is 4.30. The van der Waals surface area contributed by atoms with Crippen LogP contribution in [0.2, 0.25) is 5.02 Å². The van der Waals surface area contributed by atoms with Crippen LogP contribution in [0.4, 0.5) is 0 Å². The van der Waals surface area contributed by atoms with Gasteiger partial charge in [0.05, 0.1) is 0 Å². The van der Waals surface area contributed by atoms with E-state index in [1.54, 1.807) is 0 Å².